The van der Waals surface area contributed by atoms with Crippen molar-refractivity contribution in [3.05, 3.63) is 29.6 Å². The predicted molar refractivity (Wildman–Crippen MR) is 76.7 cm³/mol. The molecule has 7 nitrogen and oxygen atoms in total. The van der Waals surface area contributed by atoms with Crippen LogP contribution in [0.15, 0.2) is 18.3 Å². The van der Waals surface area contributed by atoms with Crippen molar-refractivity contribution in [3.8, 4) is 0 Å². The maximum Gasteiger partial charge on any atom is 0.407 e. The molecule has 0 saturated carbocycles. The Morgan fingerprint density at radius 2 is 2.05 bits per heavy atom. The van der Waals surface area contributed by atoms with E-state index in [4.69, 9.17) is 10.5 Å². The van der Waals surface area contributed by atoms with E-state index in [0.29, 0.717) is 11.3 Å². The largest absolute Gasteiger partial charge is 0.465 e. The lowest BCUT2D eigenvalue weighted by Gasteiger charge is -2.20. The summed E-state index contributed by atoms with van der Waals surface area (Å²) in [6.07, 6.45) is 0.846. The second-order valence-electron chi connectivity index (χ2n) is 5.45. The van der Waals surface area contributed by atoms with E-state index < -0.39 is 23.7 Å². The molecule has 1 unspecified atom stereocenters. The lowest BCUT2D eigenvalue weighted by atomic mass is 10.1. The Bertz CT molecular complexity index is 494. The van der Waals surface area contributed by atoms with Crippen LogP contribution in [-0.4, -0.2) is 36.3 Å². The third-order valence-electron chi connectivity index (χ3n) is 2.45. The molecule has 0 aliphatic rings. The zero-order valence-corrected chi connectivity index (χ0v) is 12.7. The molecule has 0 bridgehead atoms. The van der Waals surface area contributed by atoms with Crippen LogP contribution < -0.4 is 11.1 Å². The highest BCUT2D eigenvalue weighted by Gasteiger charge is 2.17. The van der Waals surface area contributed by atoms with Crippen molar-refractivity contribution >= 4 is 12.1 Å². The van der Waals surface area contributed by atoms with Gasteiger partial charge in [0.15, 0.2) is 0 Å². The molecule has 21 heavy (non-hydrogen) atoms. The molecule has 7 heteroatoms. The molecule has 0 saturated heterocycles. The van der Waals surface area contributed by atoms with Crippen molar-refractivity contribution in [1.29, 1.82) is 0 Å². The minimum absolute atomic E-state index is 0.180. The number of methoxy groups -OCH3 is 1. The van der Waals surface area contributed by atoms with Crippen LogP contribution in [0, 0.1) is 0 Å². The number of nitrogens with one attached hydrogen (secondary N) is 1. The van der Waals surface area contributed by atoms with Crippen LogP contribution in [0.3, 0.4) is 0 Å². The van der Waals surface area contributed by atoms with Gasteiger partial charge in [-0.1, -0.05) is 0 Å². The summed E-state index contributed by atoms with van der Waals surface area (Å²) in [6.45, 7) is 5.51. The number of nitrogens with zero attached hydrogens (tertiary/aromatic N) is 1. The quantitative estimate of drug-likeness (QED) is 0.814. The van der Waals surface area contributed by atoms with Crippen LogP contribution in [0.25, 0.3) is 0 Å². The summed E-state index contributed by atoms with van der Waals surface area (Å²) in [5.74, 6) is -0.463. The van der Waals surface area contributed by atoms with Crippen LogP contribution in [0.2, 0.25) is 0 Å². The van der Waals surface area contributed by atoms with Gasteiger partial charge in [-0.25, -0.2) is 9.59 Å². The van der Waals surface area contributed by atoms with E-state index >= 15 is 0 Å². The zero-order chi connectivity index (χ0) is 16.0. The molecule has 0 aliphatic carbocycles. The molecule has 1 aromatic heterocycles. The molecule has 3 N–H and O–H groups in total. The first-order valence-electron chi connectivity index (χ1n) is 6.49. The van der Waals surface area contributed by atoms with Gasteiger partial charge in [0.2, 0.25) is 0 Å². The summed E-state index contributed by atoms with van der Waals surface area (Å²) in [5.41, 5.74) is 6.25. The molecular formula is C14H21N3O4. The van der Waals surface area contributed by atoms with Gasteiger partial charge in [-0.3, -0.25) is 4.98 Å². The normalized spacial score (nSPS) is 12.4. The second kappa shape index (κ2) is 7.03. The maximum absolute atomic E-state index is 11.5. The van der Waals surface area contributed by atoms with Crippen LogP contribution in [0.4, 0.5) is 4.79 Å². The standard InChI is InChI=1S/C14H21N3O4/c1-14(2,3)21-13(19)17-8-10(15)11-6-5-9(7-16-11)12(18)20-4/h5-7,10H,8,15H2,1-4H3,(H,17,19). The Balaban J connectivity index is 2.54. The van der Waals surface area contributed by atoms with Crippen molar-refractivity contribution in [3.63, 3.8) is 0 Å². The third-order valence-corrected chi connectivity index (χ3v) is 2.45. The number of alkyl carbamates (subject to hydrolysis) is 1. The van der Waals surface area contributed by atoms with Gasteiger partial charge in [0.25, 0.3) is 0 Å². The Labute approximate surface area is 123 Å². The van der Waals surface area contributed by atoms with Gasteiger partial charge >= 0.3 is 12.1 Å². The minimum Gasteiger partial charge on any atom is -0.465 e. The van der Waals surface area contributed by atoms with Gasteiger partial charge < -0.3 is 20.5 Å². The number of carbonyl (C=O) groups excluding carboxylic acids is 2. The Morgan fingerprint density at radius 1 is 1.38 bits per heavy atom. The number of carbonyl (C=O) groups is 2. The number of pyridine rings is 1. The van der Waals surface area contributed by atoms with Gasteiger partial charge in [0, 0.05) is 12.7 Å². The molecule has 0 aliphatic heterocycles. The molecule has 1 amide bonds. The maximum atomic E-state index is 11.5. The van der Waals surface area contributed by atoms with E-state index in [0.717, 1.165) is 0 Å². The highest BCUT2D eigenvalue weighted by atomic mass is 16.6. The second-order valence-corrected chi connectivity index (χ2v) is 5.45. The SMILES string of the molecule is COC(=O)c1ccc(C(N)CNC(=O)OC(C)(C)C)nc1. The monoisotopic (exact) mass is 295 g/mol. The number of hydrogen-bond acceptors (Lipinski definition) is 6. The van der Waals surface area contributed by atoms with Crippen molar-refractivity contribution in [1.82, 2.24) is 10.3 Å². The van der Waals surface area contributed by atoms with Gasteiger partial charge in [0.05, 0.1) is 24.4 Å². The van der Waals surface area contributed by atoms with Gasteiger partial charge in [-0.2, -0.15) is 0 Å². The van der Waals surface area contributed by atoms with E-state index in [1.165, 1.54) is 13.3 Å². The van der Waals surface area contributed by atoms with E-state index in [9.17, 15) is 9.59 Å². The number of nitrogens with two attached hydrogens (primary N) is 1. The van der Waals surface area contributed by atoms with E-state index in [2.05, 4.69) is 15.0 Å². The van der Waals surface area contributed by atoms with E-state index in [-0.39, 0.29) is 6.54 Å². The van der Waals surface area contributed by atoms with Crippen LogP contribution in [0.5, 0.6) is 0 Å². The van der Waals surface area contributed by atoms with Gasteiger partial charge in [-0.15, -0.1) is 0 Å². The molecule has 1 rings (SSSR count). The fourth-order valence-electron chi connectivity index (χ4n) is 1.48. The molecule has 1 heterocycles. The molecule has 1 atom stereocenters. The lowest BCUT2D eigenvalue weighted by molar-refractivity contribution is 0.0523. The number of ether oxygens (including phenoxy) is 2. The average molecular weight is 295 g/mol. The highest BCUT2D eigenvalue weighted by Crippen LogP contribution is 2.09. The number of aromatic nitrogens is 1. The van der Waals surface area contributed by atoms with E-state index in [1.54, 1.807) is 32.9 Å². The smallest absolute Gasteiger partial charge is 0.407 e. The Kier molecular flexibility index (Phi) is 5.66. The first-order chi connectivity index (χ1) is 9.73. The first kappa shape index (κ1) is 16.9. The molecule has 0 spiro atoms. The summed E-state index contributed by atoms with van der Waals surface area (Å²) in [4.78, 5) is 26.9. The van der Waals surface area contributed by atoms with Crippen molar-refractivity contribution < 1.29 is 19.1 Å². The molecule has 116 valence electrons. The van der Waals surface area contributed by atoms with Crippen LogP contribution >= 0.6 is 0 Å². The molecular weight excluding hydrogens is 274 g/mol. The average Bonchev–Trinajstić information content (AvgIpc) is 2.42. The number of esters is 1. The molecule has 0 fully saturated rings. The number of hydrogen-bond donors (Lipinski definition) is 2. The van der Waals surface area contributed by atoms with Crippen molar-refractivity contribution in [2.75, 3.05) is 13.7 Å². The fourth-order valence-corrected chi connectivity index (χ4v) is 1.48. The predicted octanol–water partition coefficient (Wildman–Crippen LogP) is 1.39. The fraction of sp³-hybridized carbons (Fsp3) is 0.500. The highest BCUT2D eigenvalue weighted by molar-refractivity contribution is 5.88. The summed E-state index contributed by atoms with van der Waals surface area (Å²) >= 11 is 0. The lowest BCUT2D eigenvalue weighted by Crippen LogP contribution is -2.36. The summed E-state index contributed by atoms with van der Waals surface area (Å²) in [5, 5.41) is 2.57. The van der Waals surface area contributed by atoms with Gasteiger partial charge in [0.1, 0.15) is 5.60 Å². The van der Waals surface area contributed by atoms with Crippen LogP contribution in [0.1, 0.15) is 42.9 Å². The van der Waals surface area contributed by atoms with E-state index in [1.807, 2.05) is 0 Å². The molecule has 0 aromatic carbocycles. The number of rotatable bonds is 4. The topological polar surface area (TPSA) is 104 Å². The zero-order valence-electron chi connectivity index (χ0n) is 12.7. The van der Waals surface area contributed by atoms with Crippen LogP contribution in [-0.2, 0) is 9.47 Å². The minimum atomic E-state index is -0.561. The third kappa shape index (κ3) is 5.78. The Hall–Kier alpha value is -2.15. The summed E-state index contributed by atoms with van der Waals surface area (Å²) in [7, 11) is 1.30. The summed E-state index contributed by atoms with van der Waals surface area (Å²) in [6, 6.07) is 2.69. The summed E-state index contributed by atoms with van der Waals surface area (Å²) < 4.78 is 9.68. The van der Waals surface area contributed by atoms with Gasteiger partial charge in [-0.05, 0) is 32.9 Å². The van der Waals surface area contributed by atoms with Crippen molar-refractivity contribution in [2.24, 2.45) is 5.73 Å². The Morgan fingerprint density at radius 3 is 2.52 bits per heavy atom. The van der Waals surface area contributed by atoms with Crippen molar-refractivity contribution in [2.45, 2.75) is 32.4 Å². The molecule has 0 radical (unpaired) electrons. The number of amides is 1. The molecule has 1 aromatic rings. The first-order valence-corrected chi connectivity index (χ1v) is 6.49.